The van der Waals surface area contributed by atoms with E-state index in [1.54, 1.807) is 11.8 Å². The van der Waals surface area contributed by atoms with E-state index in [-0.39, 0.29) is 4.75 Å². The molecule has 0 N–H and O–H groups in total. The highest BCUT2D eigenvalue weighted by Crippen LogP contribution is 2.55. The standard InChI is InChI=1S/C15H18ClNS/c1-14(2,3)11-8-15(9-11,10-17)18-13-6-4-5-12(16)7-13/h4-7,11H,8-9H2,1-3H3. The van der Waals surface area contributed by atoms with Crippen LogP contribution in [0.2, 0.25) is 5.02 Å². The SMILES string of the molecule is CC(C)(C)C1CC(C#N)(Sc2cccc(Cl)c2)C1. The predicted molar refractivity (Wildman–Crippen MR) is 77.8 cm³/mol. The van der Waals surface area contributed by atoms with Crippen molar-refractivity contribution in [1.29, 1.82) is 5.26 Å². The van der Waals surface area contributed by atoms with Crippen LogP contribution in [-0.2, 0) is 0 Å². The molecular weight excluding hydrogens is 262 g/mol. The molecular formula is C15H18ClNS. The van der Waals surface area contributed by atoms with Crippen LogP contribution in [0.15, 0.2) is 29.2 Å². The third-order valence-electron chi connectivity index (χ3n) is 3.69. The van der Waals surface area contributed by atoms with Gasteiger partial charge in [0, 0.05) is 9.92 Å². The molecule has 0 atom stereocenters. The van der Waals surface area contributed by atoms with Crippen LogP contribution in [0.5, 0.6) is 0 Å². The number of halogens is 1. The maximum Gasteiger partial charge on any atom is 0.108 e. The molecule has 18 heavy (non-hydrogen) atoms. The largest absolute Gasteiger partial charge is 0.197 e. The normalized spacial score (nSPS) is 27.4. The fraction of sp³-hybridized carbons (Fsp3) is 0.533. The molecule has 1 saturated carbocycles. The summed E-state index contributed by atoms with van der Waals surface area (Å²) in [7, 11) is 0. The molecule has 1 aliphatic carbocycles. The Hall–Kier alpha value is -0.650. The Bertz CT molecular complexity index is 478. The van der Waals surface area contributed by atoms with E-state index in [0.29, 0.717) is 11.3 Å². The minimum absolute atomic E-state index is 0.247. The Morgan fingerprint density at radius 1 is 1.39 bits per heavy atom. The maximum atomic E-state index is 9.45. The van der Waals surface area contributed by atoms with Gasteiger partial charge in [0.1, 0.15) is 4.75 Å². The quantitative estimate of drug-likeness (QED) is 0.747. The minimum Gasteiger partial charge on any atom is -0.197 e. The summed E-state index contributed by atoms with van der Waals surface area (Å²) in [6, 6.07) is 10.3. The van der Waals surface area contributed by atoms with Crippen molar-refractivity contribution in [2.24, 2.45) is 11.3 Å². The topological polar surface area (TPSA) is 23.8 Å². The average Bonchev–Trinajstić information content (AvgIpc) is 2.21. The second-order valence-corrected chi connectivity index (χ2v) is 8.03. The lowest BCUT2D eigenvalue weighted by atomic mass is 9.63. The van der Waals surface area contributed by atoms with E-state index in [1.807, 2.05) is 24.3 Å². The maximum absolute atomic E-state index is 9.45. The van der Waals surface area contributed by atoms with Gasteiger partial charge in [-0.3, -0.25) is 0 Å². The first-order valence-electron chi connectivity index (χ1n) is 6.20. The van der Waals surface area contributed by atoms with E-state index in [2.05, 4.69) is 26.8 Å². The highest BCUT2D eigenvalue weighted by Gasteiger charge is 2.49. The second-order valence-electron chi connectivity index (χ2n) is 6.14. The van der Waals surface area contributed by atoms with Crippen molar-refractivity contribution in [2.75, 3.05) is 0 Å². The predicted octanol–water partition coefficient (Wildman–Crippen LogP) is 5.15. The lowest BCUT2D eigenvalue weighted by molar-refractivity contribution is 0.122. The van der Waals surface area contributed by atoms with E-state index in [9.17, 15) is 5.26 Å². The lowest BCUT2D eigenvalue weighted by Crippen LogP contribution is -2.45. The summed E-state index contributed by atoms with van der Waals surface area (Å²) in [6.45, 7) is 6.76. The van der Waals surface area contributed by atoms with E-state index in [1.165, 1.54) is 0 Å². The van der Waals surface area contributed by atoms with Crippen molar-refractivity contribution in [2.45, 2.75) is 43.3 Å². The molecule has 96 valence electrons. The Labute approximate surface area is 119 Å². The van der Waals surface area contributed by atoms with Crippen LogP contribution in [-0.4, -0.2) is 4.75 Å². The zero-order valence-corrected chi connectivity index (χ0v) is 12.6. The average molecular weight is 280 g/mol. The molecule has 1 aromatic carbocycles. The van der Waals surface area contributed by atoms with Gasteiger partial charge in [0.05, 0.1) is 6.07 Å². The molecule has 0 bridgehead atoms. The summed E-state index contributed by atoms with van der Waals surface area (Å²) in [4.78, 5) is 1.09. The number of hydrogen-bond donors (Lipinski definition) is 0. The van der Waals surface area contributed by atoms with Gasteiger partial charge in [0.15, 0.2) is 0 Å². The summed E-state index contributed by atoms with van der Waals surface area (Å²) in [5.41, 5.74) is 0.301. The lowest BCUT2D eigenvalue weighted by Gasteiger charge is -2.48. The minimum atomic E-state index is -0.247. The third kappa shape index (κ3) is 2.84. The Morgan fingerprint density at radius 3 is 2.56 bits per heavy atom. The van der Waals surface area contributed by atoms with Gasteiger partial charge >= 0.3 is 0 Å². The summed E-state index contributed by atoms with van der Waals surface area (Å²) in [5.74, 6) is 0.642. The number of thioether (sulfide) groups is 1. The van der Waals surface area contributed by atoms with Gasteiger partial charge in [0.25, 0.3) is 0 Å². The van der Waals surface area contributed by atoms with Crippen molar-refractivity contribution in [3.8, 4) is 6.07 Å². The zero-order chi connectivity index (χ0) is 13.4. The molecule has 0 unspecified atom stereocenters. The van der Waals surface area contributed by atoms with E-state index < -0.39 is 0 Å². The molecule has 0 radical (unpaired) electrons. The van der Waals surface area contributed by atoms with Crippen molar-refractivity contribution in [3.63, 3.8) is 0 Å². The highest BCUT2D eigenvalue weighted by atomic mass is 35.5. The van der Waals surface area contributed by atoms with E-state index in [0.717, 1.165) is 22.8 Å². The molecule has 1 aliphatic rings. The van der Waals surface area contributed by atoms with Gasteiger partial charge in [-0.15, -0.1) is 11.8 Å². The first-order valence-corrected chi connectivity index (χ1v) is 7.40. The fourth-order valence-electron chi connectivity index (χ4n) is 2.30. The van der Waals surface area contributed by atoms with Crippen LogP contribution in [0, 0.1) is 22.7 Å². The molecule has 0 aromatic heterocycles. The Kier molecular flexibility index (Phi) is 3.67. The molecule has 3 heteroatoms. The van der Waals surface area contributed by atoms with Gasteiger partial charge < -0.3 is 0 Å². The van der Waals surface area contributed by atoms with Crippen LogP contribution in [0.3, 0.4) is 0 Å². The van der Waals surface area contributed by atoms with Gasteiger partial charge in [-0.1, -0.05) is 38.4 Å². The number of benzene rings is 1. The number of nitrogens with zero attached hydrogens (tertiary/aromatic N) is 1. The third-order valence-corrected chi connectivity index (χ3v) is 5.23. The number of hydrogen-bond acceptors (Lipinski definition) is 2. The summed E-state index contributed by atoms with van der Waals surface area (Å²) in [6.07, 6.45) is 1.95. The second kappa shape index (κ2) is 4.79. The molecule has 0 amide bonds. The van der Waals surface area contributed by atoms with Gasteiger partial charge in [-0.25, -0.2) is 0 Å². The van der Waals surface area contributed by atoms with Crippen LogP contribution >= 0.6 is 23.4 Å². The first-order chi connectivity index (χ1) is 8.35. The molecule has 0 aliphatic heterocycles. The summed E-state index contributed by atoms with van der Waals surface area (Å²) < 4.78 is -0.247. The van der Waals surface area contributed by atoms with Crippen LogP contribution < -0.4 is 0 Å². The van der Waals surface area contributed by atoms with Gasteiger partial charge in [0.2, 0.25) is 0 Å². The smallest absolute Gasteiger partial charge is 0.108 e. The molecule has 0 heterocycles. The van der Waals surface area contributed by atoms with Crippen molar-refractivity contribution in [3.05, 3.63) is 29.3 Å². The molecule has 1 nitrogen and oxygen atoms in total. The Morgan fingerprint density at radius 2 is 2.06 bits per heavy atom. The van der Waals surface area contributed by atoms with Crippen LogP contribution in [0.25, 0.3) is 0 Å². The van der Waals surface area contributed by atoms with Gasteiger partial charge in [-0.2, -0.15) is 5.26 Å². The van der Waals surface area contributed by atoms with Crippen LogP contribution in [0.4, 0.5) is 0 Å². The zero-order valence-electron chi connectivity index (χ0n) is 11.0. The molecule has 0 spiro atoms. The van der Waals surface area contributed by atoms with Crippen molar-refractivity contribution >= 4 is 23.4 Å². The Balaban J connectivity index is 2.07. The van der Waals surface area contributed by atoms with Crippen molar-refractivity contribution < 1.29 is 0 Å². The van der Waals surface area contributed by atoms with Crippen molar-refractivity contribution in [1.82, 2.24) is 0 Å². The van der Waals surface area contributed by atoms with E-state index in [4.69, 9.17) is 11.6 Å². The first kappa shape index (κ1) is 13.8. The van der Waals surface area contributed by atoms with Crippen LogP contribution in [0.1, 0.15) is 33.6 Å². The molecule has 0 saturated heterocycles. The molecule has 1 fully saturated rings. The number of nitriles is 1. The summed E-state index contributed by atoms with van der Waals surface area (Å²) >= 11 is 7.65. The fourth-order valence-corrected chi connectivity index (χ4v) is 3.96. The monoisotopic (exact) mass is 279 g/mol. The number of rotatable bonds is 2. The summed E-state index contributed by atoms with van der Waals surface area (Å²) in [5, 5.41) is 10.2. The van der Waals surface area contributed by atoms with Gasteiger partial charge in [-0.05, 0) is 42.4 Å². The molecule has 1 aromatic rings. The molecule has 2 rings (SSSR count). The highest BCUT2D eigenvalue weighted by molar-refractivity contribution is 8.01. The van der Waals surface area contributed by atoms with E-state index >= 15 is 0 Å².